The molecule has 1 aliphatic heterocycles. The summed E-state index contributed by atoms with van der Waals surface area (Å²) >= 11 is 0. The van der Waals surface area contributed by atoms with Crippen molar-refractivity contribution >= 4 is 23.0 Å². The molecule has 1 aromatic carbocycles. The third kappa shape index (κ3) is 3.08. The summed E-state index contributed by atoms with van der Waals surface area (Å²) in [5.41, 5.74) is 0.961. The molecule has 1 heterocycles. The maximum absolute atomic E-state index is 11.6. The number of carbonyl (C=O) groups is 1. The summed E-state index contributed by atoms with van der Waals surface area (Å²) in [5, 5.41) is 12.6. The minimum Gasteiger partial charge on any atom is -0.485 e. The van der Waals surface area contributed by atoms with E-state index in [1.807, 2.05) is 24.3 Å². The van der Waals surface area contributed by atoms with Gasteiger partial charge in [0.1, 0.15) is 11.9 Å². The first kappa shape index (κ1) is 16.0. The lowest BCUT2D eigenvalue weighted by Gasteiger charge is -2.25. The highest BCUT2D eigenvalue weighted by molar-refractivity contribution is 5.72. The molecule has 2 aliphatic rings. The Kier molecular flexibility index (Phi) is 4.46. The zero-order valence-corrected chi connectivity index (χ0v) is 13.2. The number of rotatable bonds is 5. The van der Waals surface area contributed by atoms with Crippen molar-refractivity contribution in [2.75, 3.05) is 6.61 Å². The van der Waals surface area contributed by atoms with E-state index in [9.17, 15) is 14.9 Å². The monoisotopic (exact) mass is 327 g/mol. The second kappa shape index (κ2) is 6.70. The second-order valence-electron chi connectivity index (χ2n) is 5.45. The molecule has 0 N–H and O–H groups in total. The predicted molar refractivity (Wildman–Crippen MR) is 88.2 cm³/mol. The van der Waals surface area contributed by atoms with Crippen LogP contribution in [-0.2, 0) is 14.3 Å². The number of nitro benzene ring substituents is 1. The lowest BCUT2D eigenvalue weighted by atomic mass is 9.97. The molecule has 0 saturated carbocycles. The number of hydrogen-bond donors (Lipinski definition) is 0. The molecular formula is C18H17NO5. The number of nitrogens with zero attached hydrogens (tertiary/aromatic N) is 1. The van der Waals surface area contributed by atoms with Gasteiger partial charge in [0.05, 0.1) is 18.0 Å². The molecule has 1 aliphatic carbocycles. The average molecular weight is 327 g/mol. The molecule has 0 radical (unpaired) electrons. The van der Waals surface area contributed by atoms with Crippen LogP contribution in [0.15, 0.2) is 42.5 Å². The number of nitro groups is 1. The van der Waals surface area contributed by atoms with Gasteiger partial charge in [0.25, 0.3) is 5.69 Å². The predicted octanol–water partition coefficient (Wildman–Crippen LogP) is 1.72. The summed E-state index contributed by atoms with van der Waals surface area (Å²) in [6.07, 6.45) is 7.95. The maximum Gasteiger partial charge on any atom is 0.306 e. The molecule has 0 aromatic heterocycles. The van der Waals surface area contributed by atoms with Crippen LogP contribution in [0.4, 0.5) is 5.69 Å². The normalized spacial score (nSPS) is 17.8. The fraction of sp³-hybridized carbons (Fsp3) is 0.278. The SMILES string of the molecule is CCOC(=O)CCC1=c2cc([N+](=O)[O-])ccc2=C2C=CC=CC2O1. The van der Waals surface area contributed by atoms with Crippen molar-refractivity contribution in [3.63, 3.8) is 0 Å². The summed E-state index contributed by atoms with van der Waals surface area (Å²) in [4.78, 5) is 22.3. The largest absolute Gasteiger partial charge is 0.485 e. The summed E-state index contributed by atoms with van der Waals surface area (Å²) in [5.74, 6) is 0.268. The minimum absolute atomic E-state index is 0.000339. The zero-order chi connectivity index (χ0) is 17.1. The van der Waals surface area contributed by atoms with E-state index >= 15 is 0 Å². The first-order valence-corrected chi connectivity index (χ1v) is 7.79. The smallest absolute Gasteiger partial charge is 0.306 e. The number of non-ortho nitro benzene ring substituents is 1. The molecular weight excluding hydrogens is 310 g/mol. The quantitative estimate of drug-likeness (QED) is 0.467. The van der Waals surface area contributed by atoms with Crippen molar-refractivity contribution in [2.45, 2.75) is 25.9 Å². The van der Waals surface area contributed by atoms with Crippen LogP contribution >= 0.6 is 0 Å². The highest BCUT2D eigenvalue weighted by atomic mass is 16.6. The summed E-state index contributed by atoms with van der Waals surface area (Å²) in [6, 6.07) is 4.74. The number of benzene rings is 1. The van der Waals surface area contributed by atoms with Gasteiger partial charge in [-0.05, 0) is 24.3 Å². The van der Waals surface area contributed by atoms with Gasteiger partial charge in [0.15, 0.2) is 0 Å². The van der Waals surface area contributed by atoms with E-state index in [-0.39, 0.29) is 24.2 Å². The molecule has 1 atom stereocenters. The standard InChI is InChI=1S/C18H17NO5/c1-2-23-18(20)10-9-17-15-11-12(19(21)22)7-8-13(15)14-5-3-4-6-16(14)24-17/h3-8,11,16H,2,9-10H2,1H3. The molecule has 124 valence electrons. The van der Waals surface area contributed by atoms with Crippen LogP contribution in [0.5, 0.6) is 0 Å². The van der Waals surface area contributed by atoms with Crippen LogP contribution in [-0.4, -0.2) is 23.6 Å². The van der Waals surface area contributed by atoms with Gasteiger partial charge in [0.2, 0.25) is 0 Å². The fourth-order valence-corrected chi connectivity index (χ4v) is 2.86. The van der Waals surface area contributed by atoms with Gasteiger partial charge >= 0.3 is 5.97 Å². The molecule has 1 unspecified atom stereocenters. The van der Waals surface area contributed by atoms with Gasteiger partial charge in [-0.15, -0.1) is 0 Å². The van der Waals surface area contributed by atoms with Crippen molar-refractivity contribution in [2.24, 2.45) is 0 Å². The molecule has 6 nitrogen and oxygen atoms in total. The summed E-state index contributed by atoms with van der Waals surface area (Å²) in [7, 11) is 0. The molecule has 0 bridgehead atoms. The number of hydrogen-bond acceptors (Lipinski definition) is 5. The summed E-state index contributed by atoms with van der Waals surface area (Å²) in [6.45, 7) is 2.08. The number of allylic oxidation sites excluding steroid dienone is 2. The fourth-order valence-electron chi connectivity index (χ4n) is 2.86. The third-order valence-corrected chi connectivity index (χ3v) is 3.94. The minimum atomic E-state index is -0.434. The van der Waals surface area contributed by atoms with Crippen molar-refractivity contribution < 1.29 is 19.2 Å². The molecule has 24 heavy (non-hydrogen) atoms. The Hall–Kier alpha value is -2.89. The number of fused-ring (bicyclic) bond motifs is 2. The van der Waals surface area contributed by atoms with Gasteiger partial charge in [-0.3, -0.25) is 14.9 Å². The highest BCUT2D eigenvalue weighted by Gasteiger charge is 2.23. The Morgan fingerprint density at radius 3 is 2.92 bits per heavy atom. The van der Waals surface area contributed by atoms with Gasteiger partial charge in [-0.1, -0.05) is 18.2 Å². The maximum atomic E-state index is 11.6. The first-order chi connectivity index (χ1) is 11.6. The topological polar surface area (TPSA) is 78.7 Å². The van der Waals surface area contributed by atoms with E-state index in [1.165, 1.54) is 12.1 Å². The molecule has 6 heteroatoms. The van der Waals surface area contributed by atoms with E-state index in [0.29, 0.717) is 24.0 Å². The van der Waals surface area contributed by atoms with E-state index in [4.69, 9.17) is 9.47 Å². The molecule has 1 aromatic rings. The van der Waals surface area contributed by atoms with Crippen molar-refractivity contribution in [1.29, 1.82) is 0 Å². The van der Waals surface area contributed by atoms with Crippen molar-refractivity contribution in [3.8, 4) is 0 Å². The second-order valence-corrected chi connectivity index (χ2v) is 5.45. The van der Waals surface area contributed by atoms with E-state index in [2.05, 4.69) is 0 Å². The number of carbonyl (C=O) groups excluding carboxylic acids is 1. The van der Waals surface area contributed by atoms with Crippen LogP contribution in [0.1, 0.15) is 19.8 Å². The number of esters is 1. The van der Waals surface area contributed by atoms with Crippen LogP contribution in [0, 0.1) is 10.1 Å². The van der Waals surface area contributed by atoms with Crippen LogP contribution in [0.2, 0.25) is 0 Å². The zero-order valence-electron chi connectivity index (χ0n) is 13.2. The van der Waals surface area contributed by atoms with Crippen molar-refractivity contribution in [3.05, 3.63) is 63.1 Å². The highest BCUT2D eigenvalue weighted by Crippen LogP contribution is 2.23. The Balaban J connectivity index is 2.09. The molecule has 3 rings (SSSR count). The van der Waals surface area contributed by atoms with E-state index < -0.39 is 4.92 Å². The average Bonchev–Trinajstić information content (AvgIpc) is 2.59. The Labute approximate surface area is 138 Å². The summed E-state index contributed by atoms with van der Waals surface area (Å²) < 4.78 is 10.9. The Morgan fingerprint density at radius 2 is 2.17 bits per heavy atom. The third-order valence-electron chi connectivity index (χ3n) is 3.94. The first-order valence-electron chi connectivity index (χ1n) is 7.79. The van der Waals surface area contributed by atoms with E-state index in [0.717, 1.165) is 10.8 Å². The molecule has 0 saturated heterocycles. The van der Waals surface area contributed by atoms with Crippen LogP contribution in [0.3, 0.4) is 0 Å². The molecule has 0 fully saturated rings. The lowest BCUT2D eigenvalue weighted by Crippen LogP contribution is -2.38. The number of ether oxygens (including phenoxy) is 2. The lowest BCUT2D eigenvalue weighted by molar-refractivity contribution is -0.385. The Morgan fingerprint density at radius 1 is 1.33 bits per heavy atom. The Bertz CT molecular complexity index is 866. The van der Waals surface area contributed by atoms with Gasteiger partial charge in [-0.2, -0.15) is 0 Å². The van der Waals surface area contributed by atoms with Crippen LogP contribution < -0.4 is 10.4 Å². The van der Waals surface area contributed by atoms with Crippen molar-refractivity contribution in [1.82, 2.24) is 0 Å². The van der Waals surface area contributed by atoms with Gasteiger partial charge < -0.3 is 9.47 Å². The molecule has 0 spiro atoms. The van der Waals surface area contributed by atoms with Crippen LogP contribution in [0.25, 0.3) is 11.3 Å². The van der Waals surface area contributed by atoms with Gasteiger partial charge in [-0.25, -0.2) is 0 Å². The van der Waals surface area contributed by atoms with Gasteiger partial charge in [0, 0.05) is 29.3 Å². The van der Waals surface area contributed by atoms with E-state index in [1.54, 1.807) is 13.0 Å². The molecule has 0 amide bonds.